The van der Waals surface area contributed by atoms with Crippen LogP contribution in [0.1, 0.15) is 28.7 Å². The van der Waals surface area contributed by atoms with E-state index in [1.54, 1.807) is 14.2 Å². The van der Waals surface area contributed by atoms with Crippen LogP contribution >= 0.6 is 15.9 Å². The maximum atomic E-state index is 6.26. The molecule has 2 aliphatic heterocycles. The third-order valence-corrected chi connectivity index (χ3v) is 5.23. The number of halogens is 1. The zero-order valence-electron chi connectivity index (χ0n) is 14.1. The second kappa shape index (κ2) is 6.77. The third kappa shape index (κ3) is 2.83. The van der Waals surface area contributed by atoms with Gasteiger partial charge in [0, 0.05) is 41.3 Å². The SMILES string of the molecule is COCOc1ccc2c(c1)OC[C@@H]1c3cc(CBr)c(OC)cc3O[C@H]21. The molecule has 4 rings (SSSR count). The van der Waals surface area contributed by atoms with Gasteiger partial charge in [-0.1, -0.05) is 15.9 Å². The van der Waals surface area contributed by atoms with Crippen molar-refractivity contribution < 1.29 is 23.7 Å². The van der Waals surface area contributed by atoms with Crippen LogP contribution in [0.15, 0.2) is 30.3 Å². The van der Waals surface area contributed by atoms with Crippen LogP contribution in [0.4, 0.5) is 0 Å². The summed E-state index contributed by atoms with van der Waals surface area (Å²) in [6, 6.07) is 9.94. The van der Waals surface area contributed by atoms with Crippen molar-refractivity contribution in [2.45, 2.75) is 17.4 Å². The summed E-state index contributed by atoms with van der Waals surface area (Å²) in [6.45, 7) is 0.786. The number of methoxy groups -OCH3 is 2. The fourth-order valence-electron chi connectivity index (χ4n) is 3.42. The zero-order valence-corrected chi connectivity index (χ0v) is 15.7. The van der Waals surface area contributed by atoms with Gasteiger partial charge in [-0.15, -0.1) is 0 Å². The summed E-state index contributed by atoms with van der Waals surface area (Å²) < 4.78 is 28.2. The fourth-order valence-corrected chi connectivity index (χ4v) is 3.86. The Kier molecular flexibility index (Phi) is 4.48. The van der Waals surface area contributed by atoms with E-state index in [9.17, 15) is 0 Å². The Hall–Kier alpha value is -1.92. The Morgan fingerprint density at radius 1 is 1.12 bits per heavy atom. The van der Waals surface area contributed by atoms with Gasteiger partial charge in [-0.3, -0.25) is 0 Å². The summed E-state index contributed by atoms with van der Waals surface area (Å²) in [5.41, 5.74) is 3.32. The summed E-state index contributed by atoms with van der Waals surface area (Å²) in [4.78, 5) is 0. The molecule has 132 valence electrons. The predicted octanol–water partition coefficient (Wildman–Crippen LogP) is 4.18. The summed E-state index contributed by atoms with van der Waals surface area (Å²) in [5.74, 6) is 3.40. The van der Waals surface area contributed by atoms with Gasteiger partial charge in [0.2, 0.25) is 0 Å². The van der Waals surface area contributed by atoms with Crippen molar-refractivity contribution in [3.8, 4) is 23.0 Å². The number of alkyl halides is 1. The first-order chi connectivity index (χ1) is 12.2. The number of fused-ring (bicyclic) bond motifs is 5. The van der Waals surface area contributed by atoms with Crippen molar-refractivity contribution in [1.82, 2.24) is 0 Å². The molecule has 25 heavy (non-hydrogen) atoms. The highest BCUT2D eigenvalue weighted by Gasteiger charge is 2.41. The lowest BCUT2D eigenvalue weighted by molar-refractivity contribution is 0.0506. The van der Waals surface area contributed by atoms with Gasteiger partial charge in [0.25, 0.3) is 0 Å². The molecule has 0 aromatic heterocycles. The van der Waals surface area contributed by atoms with Gasteiger partial charge in [0.15, 0.2) is 6.79 Å². The van der Waals surface area contributed by atoms with Gasteiger partial charge in [-0.25, -0.2) is 0 Å². The minimum Gasteiger partial charge on any atom is -0.496 e. The first-order valence-corrected chi connectivity index (χ1v) is 9.19. The molecule has 0 bridgehead atoms. The maximum Gasteiger partial charge on any atom is 0.188 e. The lowest BCUT2D eigenvalue weighted by Gasteiger charge is -2.28. The second-order valence-electron chi connectivity index (χ2n) is 6.04. The lowest BCUT2D eigenvalue weighted by Crippen LogP contribution is -2.23. The molecule has 2 aromatic carbocycles. The number of ether oxygens (including phenoxy) is 5. The van der Waals surface area contributed by atoms with E-state index in [0.29, 0.717) is 6.61 Å². The molecule has 0 amide bonds. The molecule has 0 unspecified atom stereocenters. The molecule has 2 atom stereocenters. The molecule has 5 nitrogen and oxygen atoms in total. The highest BCUT2D eigenvalue weighted by atomic mass is 79.9. The Morgan fingerprint density at radius 2 is 2.00 bits per heavy atom. The van der Waals surface area contributed by atoms with Crippen LogP contribution in [0.2, 0.25) is 0 Å². The number of benzene rings is 2. The van der Waals surface area contributed by atoms with Gasteiger partial charge in [0.05, 0.1) is 19.6 Å². The number of hydrogen-bond acceptors (Lipinski definition) is 5. The first kappa shape index (κ1) is 16.5. The third-order valence-electron chi connectivity index (χ3n) is 4.63. The van der Waals surface area contributed by atoms with Gasteiger partial charge in [-0.2, -0.15) is 0 Å². The molecular weight excluding hydrogens is 388 g/mol. The van der Waals surface area contributed by atoms with E-state index in [0.717, 1.165) is 39.5 Å². The molecule has 6 heteroatoms. The first-order valence-electron chi connectivity index (χ1n) is 8.07. The van der Waals surface area contributed by atoms with Crippen molar-refractivity contribution in [2.24, 2.45) is 0 Å². The van der Waals surface area contributed by atoms with Gasteiger partial charge >= 0.3 is 0 Å². The molecule has 2 aliphatic rings. The van der Waals surface area contributed by atoms with Crippen LogP contribution in [0.5, 0.6) is 23.0 Å². The van der Waals surface area contributed by atoms with Gasteiger partial charge in [0.1, 0.15) is 29.1 Å². The van der Waals surface area contributed by atoms with Crippen LogP contribution in [-0.2, 0) is 10.1 Å². The van der Waals surface area contributed by atoms with E-state index in [1.165, 1.54) is 5.56 Å². The topological polar surface area (TPSA) is 46.2 Å². The van der Waals surface area contributed by atoms with Crippen LogP contribution in [0, 0.1) is 0 Å². The average molecular weight is 407 g/mol. The maximum absolute atomic E-state index is 6.26. The standard InChI is InChI=1S/C19H19BrO5/c1-21-10-24-12-3-4-13-17(6-12)23-9-15-14-5-11(8-20)16(22-2)7-18(14)25-19(13)15/h3-7,15,19H,8-10H2,1-2H3/t15-,19-/m1/s1. The monoisotopic (exact) mass is 406 g/mol. The molecule has 0 saturated heterocycles. The van der Waals surface area contributed by atoms with E-state index in [2.05, 4.69) is 22.0 Å². The van der Waals surface area contributed by atoms with E-state index in [-0.39, 0.29) is 18.8 Å². The smallest absolute Gasteiger partial charge is 0.188 e. The van der Waals surface area contributed by atoms with E-state index < -0.39 is 0 Å². The minimum absolute atomic E-state index is 0.0505. The molecular formula is C19H19BrO5. The van der Waals surface area contributed by atoms with E-state index in [4.69, 9.17) is 23.7 Å². The van der Waals surface area contributed by atoms with Gasteiger partial charge < -0.3 is 23.7 Å². The molecule has 0 radical (unpaired) electrons. The number of rotatable bonds is 5. The Balaban J connectivity index is 1.67. The van der Waals surface area contributed by atoms with E-state index in [1.807, 2.05) is 24.3 Å². The van der Waals surface area contributed by atoms with Crippen molar-refractivity contribution >= 4 is 15.9 Å². The van der Waals surface area contributed by atoms with Crippen LogP contribution in [0.25, 0.3) is 0 Å². The summed E-state index contributed by atoms with van der Waals surface area (Å²) in [7, 11) is 3.27. The fraction of sp³-hybridized carbons (Fsp3) is 0.368. The molecule has 2 aromatic rings. The molecule has 2 heterocycles. The zero-order chi connectivity index (χ0) is 17.4. The Morgan fingerprint density at radius 3 is 2.76 bits per heavy atom. The summed E-state index contributed by atoms with van der Waals surface area (Å²) in [6.07, 6.45) is -0.0505. The minimum atomic E-state index is -0.0505. The molecule has 0 fully saturated rings. The Labute approximate surface area is 154 Å². The van der Waals surface area contributed by atoms with Crippen molar-refractivity contribution in [1.29, 1.82) is 0 Å². The number of hydrogen-bond donors (Lipinski definition) is 0. The Bertz CT molecular complexity index is 792. The van der Waals surface area contributed by atoms with Gasteiger partial charge in [-0.05, 0) is 18.2 Å². The molecule has 0 saturated carbocycles. The molecule has 0 spiro atoms. The molecule has 0 N–H and O–H groups in total. The average Bonchev–Trinajstić information content (AvgIpc) is 3.02. The van der Waals surface area contributed by atoms with Crippen molar-refractivity contribution in [3.05, 3.63) is 47.0 Å². The highest BCUT2D eigenvalue weighted by molar-refractivity contribution is 9.08. The van der Waals surface area contributed by atoms with E-state index >= 15 is 0 Å². The summed E-state index contributed by atoms with van der Waals surface area (Å²) in [5, 5.41) is 0.735. The summed E-state index contributed by atoms with van der Waals surface area (Å²) >= 11 is 3.52. The second-order valence-corrected chi connectivity index (χ2v) is 6.60. The normalized spacial score (nSPS) is 20.0. The quantitative estimate of drug-likeness (QED) is 0.550. The highest BCUT2D eigenvalue weighted by Crippen LogP contribution is 2.52. The van der Waals surface area contributed by atoms with Crippen molar-refractivity contribution in [2.75, 3.05) is 27.6 Å². The van der Waals surface area contributed by atoms with Crippen LogP contribution in [-0.4, -0.2) is 27.6 Å². The predicted molar refractivity (Wildman–Crippen MR) is 96.2 cm³/mol. The largest absolute Gasteiger partial charge is 0.496 e. The van der Waals surface area contributed by atoms with Crippen molar-refractivity contribution in [3.63, 3.8) is 0 Å². The lowest BCUT2D eigenvalue weighted by atomic mass is 9.88. The van der Waals surface area contributed by atoms with Crippen LogP contribution in [0.3, 0.4) is 0 Å². The van der Waals surface area contributed by atoms with Crippen LogP contribution < -0.4 is 18.9 Å². The molecule has 0 aliphatic carbocycles.